The molecule has 0 heterocycles. The van der Waals surface area contributed by atoms with E-state index in [9.17, 15) is 0 Å². The second kappa shape index (κ2) is 3.97. The Balaban J connectivity index is 3.63. The van der Waals surface area contributed by atoms with Crippen molar-refractivity contribution in [2.75, 3.05) is 0 Å². The number of hydrogen-bond donors (Lipinski definition) is 0. The van der Waals surface area contributed by atoms with E-state index in [1.54, 1.807) is 0 Å². The highest BCUT2D eigenvalue weighted by Crippen LogP contribution is 2.17. The van der Waals surface area contributed by atoms with Gasteiger partial charge in [-0.25, -0.2) is 0 Å². The van der Waals surface area contributed by atoms with E-state index < -0.39 is 0 Å². The van der Waals surface area contributed by atoms with Gasteiger partial charge >= 0.3 is 0 Å². The fourth-order valence-electron chi connectivity index (χ4n) is 1.21. The topological polar surface area (TPSA) is 9.23 Å². The molecule has 0 saturated heterocycles. The van der Waals surface area contributed by atoms with Crippen LogP contribution < -0.4 is 0 Å². The highest BCUT2D eigenvalue weighted by atomic mass is 16.5. The van der Waals surface area contributed by atoms with Gasteiger partial charge in [0.25, 0.3) is 0 Å². The fraction of sp³-hybridized carbons (Fsp3) is 0.889. The van der Waals surface area contributed by atoms with E-state index >= 15 is 0 Å². The second-order valence-electron chi connectivity index (χ2n) is 3.44. The molecular formula is C9H19O. The van der Waals surface area contributed by atoms with Crippen LogP contribution in [-0.4, -0.2) is 11.7 Å². The average molecular weight is 143 g/mol. The number of rotatable bonds is 4. The first-order valence-electron chi connectivity index (χ1n) is 3.99. The lowest BCUT2D eigenvalue weighted by molar-refractivity contribution is -0.0500. The molecule has 0 amide bonds. The van der Waals surface area contributed by atoms with Crippen LogP contribution in [0.1, 0.15) is 40.5 Å². The van der Waals surface area contributed by atoms with Crippen molar-refractivity contribution in [2.45, 2.75) is 52.2 Å². The Morgan fingerprint density at radius 2 is 2.00 bits per heavy atom. The molecule has 0 N–H and O–H groups in total. The van der Waals surface area contributed by atoms with Crippen LogP contribution in [0.25, 0.3) is 0 Å². The van der Waals surface area contributed by atoms with Crippen LogP contribution >= 0.6 is 0 Å². The molecule has 1 atom stereocenters. The Kier molecular flexibility index (Phi) is 3.95. The lowest BCUT2D eigenvalue weighted by Crippen LogP contribution is -2.27. The van der Waals surface area contributed by atoms with Crippen LogP contribution in [0.2, 0.25) is 0 Å². The molecule has 0 aliphatic heterocycles. The summed E-state index contributed by atoms with van der Waals surface area (Å²) in [5.74, 6) is 0. The Hall–Kier alpha value is -0.0400. The van der Waals surface area contributed by atoms with Gasteiger partial charge in [-0.2, -0.15) is 0 Å². The SMILES string of the molecule is [CH2]C(C)OC(C)(C)CCC. The summed E-state index contributed by atoms with van der Waals surface area (Å²) >= 11 is 0. The van der Waals surface area contributed by atoms with Crippen LogP contribution in [0.4, 0.5) is 0 Å². The largest absolute Gasteiger partial charge is 0.373 e. The minimum Gasteiger partial charge on any atom is -0.373 e. The molecule has 0 aliphatic rings. The summed E-state index contributed by atoms with van der Waals surface area (Å²) in [7, 11) is 0. The zero-order valence-corrected chi connectivity index (χ0v) is 7.61. The van der Waals surface area contributed by atoms with E-state index in [4.69, 9.17) is 4.74 Å². The molecule has 0 aromatic carbocycles. The Morgan fingerprint density at radius 1 is 1.50 bits per heavy atom. The van der Waals surface area contributed by atoms with Gasteiger partial charge in [-0.15, -0.1) is 0 Å². The summed E-state index contributed by atoms with van der Waals surface area (Å²) in [6, 6.07) is 0. The van der Waals surface area contributed by atoms with Crippen molar-refractivity contribution in [1.82, 2.24) is 0 Å². The molecule has 1 radical (unpaired) electrons. The zero-order chi connectivity index (χ0) is 8.20. The maximum absolute atomic E-state index is 5.57. The molecule has 0 saturated carbocycles. The first kappa shape index (κ1) is 9.96. The lowest BCUT2D eigenvalue weighted by atomic mass is 10.0. The summed E-state index contributed by atoms with van der Waals surface area (Å²) in [4.78, 5) is 0. The van der Waals surface area contributed by atoms with E-state index in [1.807, 2.05) is 6.92 Å². The van der Waals surface area contributed by atoms with Gasteiger partial charge in [0.15, 0.2) is 0 Å². The van der Waals surface area contributed by atoms with E-state index in [-0.39, 0.29) is 11.7 Å². The summed E-state index contributed by atoms with van der Waals surface area (Å²) in [6.45, 7) is 12.1. The summed E-state index contributed by atoms with van der Waals surface area (Å²) in [5.41, 5.74) is 0.00984. The predicted molar refractivity (Wildman–Crippen MR) is 44.9 cm³/mol. The van der Waals surface area contributed by atoms with Crippen molar-refractivity contribution < 1.29 is 4.74 Å². The van der Waals surface area contributed by atoms with Crippen molar-refractivity contribution in [3.63, 3.8) is 0 Å². The van der Waals surface area contributed by atoms with Crippen molar-refractivity contribution in [2.24, 2.45) is 0 Å². The Morgan fingerprint density at radius 3 is 2.30 bits per heavy atom. The normalized spacial score (nSPS) is 12.6. The van der Waals surface area contributed by atoms with Gasteiger partial charge < -0.3 is 4.74 Å². The number of hydrogen-bond acceptors (Lipinski definition) is 1. The monoisotopic (exact) mass is 143 g/mol. The minimum absolute atomic E-state index is 0.00984. The molecule has 61 valence electrons. The van der Waals surface area contributed by atoms with Gasteiger partial charge in [0, 0.05) is 0 Å². The average Bonchev–Trinajstić information content (AvgIpc) is 1.59. The van der Waals surface area contributed by atoms with Gasteiger partial charge in [-0.05, 0) is 34.1 Å². The van der Waals surface area contributed by atoms with Gasteiger partial charge in [0.1, 0.15) is 0 Å². The first-order valence-corrected chi connectivity index (χ1v) is 3.99. The van der Waals surface area contributed by atoms with E-state index in [2.05, 4.69) is 27.7 Å². The molecule has 10 heavy (non-hydrogen) atoms. The summed E-state index contributed by atoms with van der Waals surface area (Å²) in [6.07, 6.45) is 2.37. The molecule has 0 fully saturated rings. The van der Waals surface area contributed by atoms with Gasteiger partial charge in [0.05, 0.1) is 11.7 Å². The van der Waals surface area contributed by atoms with Gasteiger partial charge in [-0.3, -0.25) is 0 Å². The highest BCUT2D eigenvalue weighted by Gasteiger charge is 2.17. The van der Waals surface area contributed by atoms with Crippen LogP contribution in [0.3, 0.4) is 0 Å². The lowest BCUT2D eigenvalue weighted by Gasteiger charge is -2.27. The molecule has 1 unspecified atom stereocenters. The molecular weight excluding hydrogens is 124 g/mol. The van der Waals surface area contributed by atoms with Gasteiger partial charge in [-0.1, -0.05) is 13.3 Å². The summed E-state index contributed by atoms with van der Waals surface area (Å²) in [5, 5.41) is 0. The Labute approximate surface area is 64.8 Å². The molecule has 0 rings (SSSR count). The Bertz CT molecular complexity index is 84.7. The van der Waals surface area contributed by atoms with E-state index in [0.717, 1.165) is 6.42 Å². The smallest absolute Gasteiger partial charge is 0.0630 e. The number of ether oxygens (including phenoxy) is 1. The molecule has 0 spiro atoms. The van der Waals surface area contributed by atoms with Crippen molar-refractivity contribution in [1.29, 1.82) is 0 Å². The fourth-order valence-corrected chi connectivity index (χ4v) is 1.21. The molecule has 0 bridgehead atoms. The van der Waals surface area contributed by atoms with E-state index in [1.165, 1.54) is 6.42 Å². The molecule has 0 aromatic rings. The van der Waals surface area contributed by atoms with Gasteiger partial charge in [0.2, 0.25) is 0 Å². The van der Waals surface area contributed by atoms with E-state index in [0.29, 0.717) is 0 Å². The third kappa shape index (κ3) is 4.80. The van der Waals surface area contributed by atoms with Crippen LogP contribution in [0.15, 0.2) is 0 Å². The third-order valence-electron chi connectivity index (χ3n) is 1.37. The molecule has 0 aliphatic carbocycles. The van der Waals surface area contributed by atoms with Crippen molar-refractivity contribution in [3.8, 4) is 0 Å². The minimum atomic E-state index is 0.00984. The molecule has 1 heteroatoms. The first-order chi connectivity index (χ1) is 4.48. The van der Waals surface area contributed by atoms with Crippen LogP contribution in [0, 0.1) is 6.92 Å². The maximum atomic E-state index is 5.57. The van der Waals surface area contributed by atoms with Crippen molar-refractivity contribution in [3.05, 3.63) is 6.92 Å². The molecule has 1 nitrogen and oxygen atoms in total. The summed E-state index contributed by atoms with van der Waals surface area (Å²) < 4.78 is 5.57. The standard InChI is InChI=1S/C9H19O/c1-6-7-9(4,5)10-8(2)3/h8H,2,6-7H2,1,3-5H3. The van der Waals surface area contributed by atoms with Crippen LogP contribution in [0.5, 0.6) is 0 Å². The maximum Gasteiger partial charge on any atom is 0.0630 e. The highest BCUT2D eigenvalue weighted by molar-refractivity contribution is 4.69. The third-order valence-corrected chi connectivity index (χ3v) is 1.37. The second-order valence-corrected chi connectivity index (χ2v) is 3.44. The predicted octanol–water partition coefficient (Wildman–Crippen LogP) is 2.80. The zero-order valence-electron chi connectivity index (χ0n) is 7.61. The van der Waals surface area contributed by atoms with Crippen molar-refractivity contribution >= 4 is 0 Å². The van der Waals surface area contributed by atoms with Crippen LogP contribution in [-0.2, 0) is 4.74 Å². The molecule has 0 aromatic heterocycles. The quantitative estimate of drug-likeness (QED) is 0.588.